The van der Waals surface area contributed by atoms with Gasteiger partial charge in [0, 0.05) is 16.7 Å². The van der Waals surface area contributed by atoms with E-state index in [1.165, 1.54) is 6.07 Å². The second kappa shape index (κ2) is 3.92. The van der Waals surface area contributed by atoms with Gasteiger partial charge in [0.2, 0.25) is 0 Å². The number of aromatic carboxylic acids is 1. The molecule has 3 aromatic rings. The largest absolute Gasteiger partial charge is 0.477 e. The number of carbonyl (C=O) groups is 1. The molecule has 0 radical (unpaired) electrons. The average molecular weight is 262 g/mol. The minimum atomic E-state index is -1.01. The first-order valence-corrected chi connectivity index (χ1v) is 5.62. The molecule has 1 aromatic carbocycles. The molecule has 0 fully saturated rings. The van der Waals surface area contributed by atoms with Gasteiger partial charge in [0.1, 0.15) is 12.0 Å². The van der Waals surface area contributed by atoms with Crippen molar-refractivity contribution in [3.8, 4) is 11.1 Å². The Labute approximate surface area is 107 Å². The van der Waals surface area contributed by atoms with E-state index in [4.69, 9.17) is 21.1 Å². The fourth-order valence-electron chi connectivity index (χ4n) is 1.87. The smallest absolute Gasteiger partial charge is 0.352 e. The van der Waals surface area contributed by atoms with Crippen LogP contribution in [0.4, 0.5) is 0 Å². The predicted molar refractivity (Wildman–Crippen MR) is 68.0 cm³/mol. The molecule has 90 valence electrons. The van der Waals surface area contributed by atoms with Gasteiger partial charge in [-0.05, 0) is 17.7 Å². The van der Waals surface area contributed by atoms with Crippen molar-refractivity contribution in [1.82, 2.24) is 4.98 Å². The lowest BCUT2D eigenvalue weighted by molar-refractivity contribution is 0.0691. The fourth-order valence-corrected chi connectivity index (χ4v) is 1.99. The summed E-state index contributed by atoms with van der Waals surface area (Å²) in [6, 6.07) is 8.73. The molecule has 2 aromatic heterocycles. The topological polar surface area (TPSA) is 66.2 Å². The molecular formula is C13H8ClNO3. The van der Waals surface area contributed by atoms with Gasteiger partial charge in [-0.3, -0.25) is 0 Å². The van der Waals surface area contributed by atoms with Gasteiger partial charge in [-0.15, -0.1) is 0 Å². The van der Waals surface area contributed by atoms with E-state index in [2.05, 4.69) is 4.98 Å². The first-order valence-electron chi connectivity index (χ1n) is 5.24. The quantitative estimate of drug-likeness (QED) is 0.738. The molecule has 0 aliphatic heterocycles. The molecule has 0 amide bonds. The number of rotatable bonds is 2. The number of aromatic nitrogens is 1. The van der Waals surface area contributed by atoms with Crippen molar-refractivity contribution in [2.45, 2.75) is 0 Å². The monoisotopic (exact) mass is 261 g/mol. The Bertz CT molecular complexity index is 724. The molecule has 0 saturated carbocycles. The average Bonchev–Trinajstić information content (AvgIpc) is 2.89. The number of hydrogen-bond donors (Lipinski definition) is 2. The third-order valence-electron chi connectivity index (χ3n) is 2.74. The SMILES string of the molecule is O=C(O)c1cc2occ(-c3ccc(Cl)cc3)c2[nH]1. The van der Waals surface area contributed by atoms with Crippen LogP contribution in [-0.4, -0.2) is 16.1 Å². The second-order valence-electron chi connectivity index (χ2n) is 3.88. The van der Waals surface area contributed by atoms with Crippen LogP contribution < -0.4 is 0 Å². The lowest BCUT2D eigenvalue weighted by Gasteiger charge is -1.97. The maximum absolute atomic E-state index is 10.9. The standard InChI is InChI=1S/C13H8ClNO3/c14-8-3-1-7(2-4-8)9-6-18-11-5-10(13(16)17)15-12(9)11/h1-6,15H,(H,16,17). The zero-order valence-electron chi connectivity index (χ0n) is 9.11. The summed E-state index contributed by atoms with van der Waals surface area (Å²) >= 11 is 5.83. The van der Waals surface area contributed by atoms with Crippen LogP contribution in [0.2, 0.25) is 5.02 Å². The minimum Gasteiger partial charge on any atom is -0.477 e. The second-order valence-corrected chi connectivity index (χ2v) is 4.32. The van der Waals surface area contributed by atoms with Crippen LogP contribution in [0.15, 0.2) is 41.0 Å². The lowest BCUT2D eigenvalue weighted by atomic mass is 10.1. The number of furan rings is 1. The van der Waals surface area contributed by atoms with Crippen molar-refractivity contribution < 1.29 is 14.3 Å². The summed E-state index contributed by atoms with van der Waals surface area (Å²) in [4.78, 5) is 13.7. The van der Waals surface area contributed by atoms with Gasteiger partial charge in [-0.25, -0.2) is 4.79 Å². The number of hydrogen-bond acceptors (Lipinski definition) is 2. The lowest BCUT2D eigenvalue weighted by Crippen LogP contribution is -1.95. The number of carboxylic acid groups (broad SMARTS) is 1. The van der Waals surface area contributed by atoms with Crippen molar-refractivity contribution in [2.24, 2.45) is 0 Å². The normalized spacial score (nSPS) is 10.9. The van der Waals surface area contributed by atoms with Crippen LogP contribution in [0.5, 0.6) is 0 Å². The summed E-state index contributed by atoms with van der Waals surface area (Å²) in [5.74, 6) is -1.01. The zero-order chi connectivity index (χ0) is 12.7. The zero-order valence-corrected chi connectivity index (χ0v) is 9.86. The molecule has 0 spiro atoms. The van der Waals surface area contributed by atoms with Crippen molar-refractivity contribution in [3.63, 3.8) is 0 Å². The van der Waals surface area contributed by atoms with Crippen molar-refractivity contribution in [1.29, 1.82) is 0 Å². The Morgan fingerprint density at radius 3 is 2.67 bits per heavy atom. The molecule has 0 saturated heterocycles. The molecule has 0 aliphatic carbocycles. The minimum absolute atomic E-state index is 0.111. The van der Waals surface area contributed by atoms with Crippen LogP contribution >= 0.6 is 11.6 Å². The van der Waals surface area contributed by atoms with E-state index >= 15 is 0 Å². The van der Waals surface area contributed by atoms with E-state index < -0.39 is 5.97 Å². The molecule has 2 heterocycles. The highest BCUT2D eigenvalue weighted by molar-refractivity contribution is 6.30. The highest BCUT2D eigenvalue weighted by atomic mass is 35.5. The third-order valence-corrected chi connectivity index (χ3v) is 2.99. The molecule has 0 bridgehead atoms. The van der Waals surface area contributed by atoms with Gasteiger partial charge in [-0.1, -0.05) is 23.7 Å². The molecule has 5 heteroatoms. The van der Waals surface area contributed by atoms with Crippen molar-refractivity contribution >= 4 is 28.7 Å². The van der Waals surface area contributed by atoms with E-state index in [0.717, 1.165) is 11.1 Å². The van der Waals surface area contributed by atoms with Gasteiger partial charge in [0.15, 0.2) is 5.58 Å². The molecule has 0 unspecified atom stereocenters. The van der Waals surface area contributed by atoms with E-state index in [0.29, 0.717) is 16.1 Å². The highest BCUT2D eigenvalue weighted by Gasteiger charge is 2.14. The number of H-pyrrole nitrogens is 1. The van der Waals surface area contributed by atoms with E-state index in [-0.39, 0.29) is 5.69 Å². The molecule has 0 aliphatic rings. The predicted octanol–water partition coefficient (Wildman–Crippen LogP) is 3.78. The van der Waals surface area contributed by atoms with Crippen LogP contribution in [0.3, 0.4) is 0 Å². The van der Waals surface area contributed by atoms with Gasteiger partial charge in [0.25, 0.3) is 0 Å². The Morgan fingerprint density at radius 2 is 2.00 bits per heavy atom. The molecule has 3 rings (SSSR count). The number of aromatic amines is 1. The molecule has 4 nitrogen and oxygen atoms in total. The Hall–Kier alpha value is -2.20. The maximum atomic E-state index is 10.9. The summed E-state index contributed by atoms with van der Waals surface area (Å²) in [6.07, 6.45) is 1.59. The van der Waals surface area contributed by atoms with Crippen molar-refractivity contribution in [2.75, 3.05) is 0 Å². The molecule has 0 atom stereocenters. The summed E-state index contributed by atoms with van der Waals surface area (Å²) in [7, 11) is 0. The summed E-state index contributed by atoms with van der Waals surface area (Å²) in [5.41, 5.74) is 3.04. The first kappa shape index (κ1) is 10.9. The van der Waals surface area contributed by atoms with E-state index in [1.807, 2.05) is 12.1 Å². The fraction of sp³-hybridized carbons (Fsp3) is 0. The third kappa shape index (κ3) is 1.67. The Morgan fingerprint density at radius 1 is 1.28 bits per heavy atom. The number of halogens is 1. The van der Waals surface area contributed by atoms with Crippen LogP contribution in [0, 0.1) is 0 Å². The van der Waals surface area contributed by atoms with Gasteiger partial charge >= 0.3 is 5.97 Å². The highest BCUT2D eigenvalue weighted by Crippen LogP contribution is 2.31. The molecular weight excluding hydrogens is 254 g/mol. The number of nitrogens with one attached hydrogen (secondary N) is 1. The summed E-state index contributed by atoms with van der Waals surface area (Å²) < 4.78 is 5.34. The van der Waals surface area contributed by atoms with Crippen LogP contribution in [0.25, 0.3) is 22.2 Å². The van der Waals surface area contributed by atoms with Crippen LogP contribution in [0.1, 0.15) is 10.5 Å². The number of fused-ring (bicyclic) bond motifs is 1. The van der Waals surface area contributed by atoms with Crippen LogP contribution in [-0.2, 0) is 0 Å². The molecule has 18 heavy (non-hydrogen) atoms. The number of benzene rings is 1. The summed E-state index contributed by atoms with van der Waals surface area (Å²) in [5, 5.41) is 9.56. The van der Waals surface area contributed by atoms with Gasteiger partial charge in [0.05, 0.1) is 5.52 Å². The Kier molecular flexibility index (Phi) is 2.38. The van der Waals surface area contributed by atoms with Gasteiger partial charge < -0.3 is 14.5 Å². The first-order chi connectivity index (χ1) is 8.65. The van der Waals surface area contributed by atoms with Gasteiger partial charge in [-0.2, -0.15) is 0 Å². The Balaban J connectivity index is 2.17. The summed E-state index contributed by atoms with van der Waals surface area (Å²) in [6.45, 7) is 0. The number of carboxylic acids is 1. The van der Waals surface area contributed by atoms with E-state index in [1.54, 1.807) is 18.4 Å². The maximum Gasteiger partial charge on any atom is 0.352 e. The van der Waals surface area contributed by atoms with E-state index in [9.17, 15) is 4.79 Å². The van der Waals surface area contributed by atoms with Crippen molar-refractivity contribution in [3.05, 3.63) is 47.3 Å². The molecule has 2 N–H and O–H groups in total.